The molecule has 2 fully saturated rings. The van der Waals surface area contributed by atoms with Gasteiger partial charge in [0.15, 0.2) is 0 Å². The monoisotopic (exact) mass is 254 g/mol. The highest BCUT2D eigenvalue weighted by Crippen LogP contribution is 2.61. The minimum Gasteiger partial charge on any atom is -0.393 e. The van der Waals surface area contributed by atoms with Crippen LogP contribution in [-0.4, -0.2) is 28.2 Å². The van der Waals surface area contributed by atoms with Gasteiger partial charge < -0.3 is 15.0 Å². The maximum atomic E-state index is 11.5. The molecule has 0 radical (unpaired) electrons. The van der Waals surface area contributed by atoms with Crippen LogP contribution >= 0.6 is 0 Å². The van der Waals surface area contributed by atoms with Gasteiger partial charge in [0.25, 0.3) is 0 Å². The fourth-order valence-electron chi connectivity index (χ4n) is 4.75. The summed E-state index contributed by atoms with van der Waals surface area (Å²) in [6.07, 6.45) is 3.72. The van der Waals surface area contributed by atoms with Crippen LogP contribution in [0.5, 0.6) is 0 Å². The minimum absolute atomic E-state index is 0.176. The quantitative estimate of drug-likeness (QED) is 0.705. The van der Waals surface area contributed by atoms with Crippen LogP contribution in [0.2, 0.25) is 0 Å². The highest BCUT2D eigenvalue weighted by molar-refractivity contribution is 5.58. The van der Waals surface area contributed by atoms with E-state index in [4.69, 9.17) is 0 Å². The Morgan fingerprint density at radius 1 is 1.11 bits per heavy atom. The molecular formula is C15H26O3. The van der Waals surface area contributed by atoms with Gasteiger partial charge in [-0.05, 0) is 49.4 Å². The molecule has 0 heterocycles. The second-order valence-corrected chi connectivity index (χ2v) is 7.44. The van der Waals surface area contributed by atoms with Crippen LogP contribution < -0.4 is 0 Å². The van der Waals surface area contributed by atoms with Crippen LogP contribution in [0.25, 0.3) is 0 Å². The molecule has 5 atom stereocenters. The van der Waals surface area contributed by atoms with Gasteiger partial charge >= 0.3 is 0 Å². The van der Waals surface area contributed by atoms with Crippen molar-refractivity contribution in [1.29, 1.82) is 0 Å². The van der Waals surface area contributed by atoms with Crippen LogP contribution in [0, 0.1) is 22.7 Å². The molecule has 3 heteroatoms. The first-order chi connectivity index (χ1) is 8.16. The molecule has 0 aromatic rings. The molecule has 0 bridgehead atoms. The molecule has 2 rings (SSSR count). The van der Waals surface area contributed by atoms with Crippen molar-refractivity contribution >= 4 is 6.29 Å². The molecule has 0 unspecified atom stereocenters. The van der Waals surface area contributed by atoms with E-state index < -0.39 is 5.60 Å². The fraction of sp³-hybridized carbons (Fsp3) is 0.933. The molecule has 0 amide bonds. The number of carbonyl (C=O) groups is 1. The lowest BCUT2D eigenvalue weighted by molar-refractivity contribution is -0.190. The zero-order valence-corrected chi connectivity index (χ0v) is 11.9. The van der Waals surface area contributed by atoms with Gasteiger partial charge in [0, 0.05) is 5.92 Å². The number of fused-ring (bicyclic) bond motifs is 1. The summed E-state index contributed by atoms with van der Waals surface area (Å²) in [5.41, 5.74) is -1.26. The first-order valence-corrected chi connectivity index (χ1v) is 7.02. The van der Waals surface area contributed by atoms with Gasteiger partial charge in [-0.2, -0.15) is 0 Å². The fourth-order valence-corrected chi connectivity index (χ4v) is 4.75. The summed E-state index contributed by atoms with van der Waals surface area (Å²) in [5, 5.41) is 20.7. The Morgan fingerprint density at radius 3 is 2.28 bits per heavy atom. The maximum Gasteiger partial charge on any atom is 0.126 e. The van der Waals surface area contributed by atoms with Crippen molar-refractivity contribution in [3.8, 4) is 0 Å². The van der Waals surface area contributed by atoms with E-state index in [1.165, 1.54) is 0 Å². The summed E-state index contributed by atoms with van der Waals surface area (Å²) in [4.78, 5) is 11.5. The zero-order valence-electron chi connectivity index (χ0n) is 11.9. The Bertz CT molecular complexity index is 348. The van der Waals surface area contributed by atoms with Crippen molar-refractivity contribution in [2.45, 2.75) is 65.1 Å². The molecule has 0 aromatic heterocycles. The number of aldehydes is 1. The van der Waals surface area contributed by atoms with Gasteiger partial charge in [-0.3, -0.25) is 0 Å². The standard InChI is InChI=1S/C15H26O3/c1-13(2)10-5-8-15(4,18)11(9-16)14(10,3)7-6-12(13)17/h9-12,17-18H,5-8H2,1-4H3/t10-,11+,12-,14-,15+/m0/s1. The van der Waals surface area contributed by atoms with Crippen LogP contribution in [0.15, 0.2) is 0 Å². The third kappa shape index (κ3) is 1.75. The smallest absolute Gasteiger partial charge is 0.126 e. The summed E-state index contributed by atoms with van der Waals surface area (Å²) >= 11 is 0. The van der Waals surface area contributed by atoms with Crippen LogP contribution in [0.4, 0.5) is 0 Å². The van der Waals surface area contributed by atoms with Crippen molar-refractivity contribution < 1.29 is 15.0 Å². The Labute approximate surface area is 110 Å². The summed E-state index contributed by atoms with van der Waals surface area (Å²) in [7, 11) is 0. The SMILES string of the molecule is CC1(C)[C@@H](O)CC[C@]2(C)[C@@H](C=O)[C@](C)(O)CC[C@@H]12. The molecule has 18 heavy (non-hydrogen) atoms. The molecule has 0 saturated heterocycles. The number of carbonyl (C=O) groups excluding carboxylic acids is 1. The number of rotatable bonds is 1. The second kappa shape index (κ2) is 4.04. The lowest BCUT2D eigenvalue weighted by Crippen LogP contribution is -2.61. The summed E-state index contributed by atoms with van der Waals surface area (Å²) < 4.78 is 0. The average Bonchev–Trinajstić information content (AvgIpc) is 2.23. The van der Waals surface area contributed by atoms with E-state index in [0.717, 1.165) is 25.5 Å². The highest BCUT2D eigenvalue weighted by atomic mass is 16.3. The van der Waals surface area contributed by atoms with Crippen molar-refractivity contribution in [2.24, 2.45) is 22.7 Å². The van der Waals surface area contributed by atoms with Crippen molar-refractivity contribution in [1.82, 2.24) is 0 Å². The zero-order chi connectivity index (χ0) is 13.8. The first kappa shape index (κ1) is 14.0. The number of hydrogen-bond acceptors (Lipinski definition) is 3. The highest BCUT2D eigenvalue weighted by Gasteiger charge is 2.60. The van der Waals surface area contributed by atoms with E-state index in [2.05, 4.69) is 20.8 Å². The molecule has 104 valence electrons. The van der Waals surface area contributed by atoms with E-state index in [-0.39, 0.29) is 22.9 Å². The Balaban J connectivity index is 2.42. The molecule has 0 aromatic carbocycles. The summed E-state index contributed by atoms with van der Waals surface area (Å²) in [6.45, 7) is 8.10. The van der Waals surface area contributed by atoms with Crippen molar-refractivity contribution in [3.63, 3.8) is 0 Å². The molecule has 0 aliphatic heterocycles. The molecule has 0 spiro atoms. The third-order valence-corrected chi connectivity index (χ3v) is 5.97. The molecule has 2 N–H and O–H groups in total. The van der Waals surface area contributed by atoms with Gasteiger partial charge in [0.2, 0.25) is 0 Å². The van der Waals surface area contributed by atoms with Gasteiger partial charge in [-0.1, -0.05) is 20.8 Å². The molecule has 2 aliphatic rings. The molecular weight excluding hydrogens is 228 g/mol. The van der Waals surface area contributed by atoms with Gasteiger partial charge in [-0.25, -0.2) is 0 Å². The van der Waals surface area contributed by atoms with E-state index in [1.54, 1.807) is 6.92 Å². The van der Waals surface area contributed by atoms with Gasteiger partial charge in [0.05, 0.1) is 11.7 Å². The van der Waals surface area contributed by atoms with Crippen LogP contribution in [0.3, 0.4) is 0 Å². The minimum atomic E-state index is -0.897. The largest absolute Gasteiger partial charge is 0.393 e. The molecule has 2 saturated carbocycles. The normalized spacial score (nSPS) is 51.6. The van der Waals surface area contributed by atoms with Gasteiger partial charge in [0.1, 0.15) is 6.29 Å². The Morgan fingerprint density at radius 2 is 1.72 bits per heavy atom. The van der Waals surface area contributed by atoms with E-state index in [1.807, 2.05) is 0 Å². The Hall–Kier alpha value is -0.410. The lowest BCUT2D eigenvalue weighted by atomic mass is 9.45. The summed E-state index contributed by atoms with van der Waals surface area (Å²) in [6, 6.07) is 0. The van der Waals surface area contributed by atoms with Crippen molar-refractivity contribution in [3.05, 3.63) is 0 Å². The van der Waals surface area contributed by atoms with E-state index in [0.29, 0.717) is 12.3 Å². The maximum absolute atomic E-state index is 11.5. The van der Waals surface area contributed by atoms with Crippen molar-refractivity contribution in [2.75, 3.05) is 0 Å². The third-order valence-electron chi connectivity index (χ3n) is 5.97. The predicted octanol–water partition coefficient (Wildman–Crippen LogP) is 2.15. The topological polar surface area (TPSA) is 57.5 Å². The summed E-state index contributed by atoms with van der Waals surface area (Å²) in [5.74, 6) is -0.0281. The number of hydrogen-bond donors (Lipinski definition) is 2. The molecule has 3 nitrogen and oxygen atoms in total. The van der Waals surface area contributed by atoms with Gasteiger partial charge in [-0.15, -0.1) is 0 Å². The second-order valence-electron chi connectivity index (χ2n) is 7.44. The van der Waals surface area contributed by atoms with E-state index in [9.17, 15) is 15.0 Å². The lowest BCUT2D eigenvalue weighted by Gasteiger charge is -2.60. The first-order valence-electron chi connectivity index (χ1n) is 7.02. The van der Waals surface area contributed by atoms with E-state index >= 15 is 0 Å². The number of aliphatic hydroxyl groups is 2. The van der Waals surface area contributed by atoms with Crippen LogP contribution in [0.1, 0.15) is 53.4 Å². The van der Waals surface area contributed by atoms with Crippen LogP contribution in [-0.2, 0) is 4.79 Å². The average molecular weight is 254 g/mol. The Kier molecular flexibility index (Phi) is 3.14. The molecule has 2 aliphatic carbocycles. The number of aliphatic hydroxyl groups excluding tert-OH is 1. The predicted molar refractivity (Wildman–Crippen MR) is 70.0 cm³/mol.